The van der Waals surface area contributed by atoms with Crippen molar-refractivity contribution in [2.24, 2.45) is 0 Å². The maximum absolute atomic E-state index is 10.7. The lowest BCUT2D eigenvalue weighted by Gasteiger charge is -2.16. The molecule has 0 aliphatic rings. The molecule has 1 aromatic heterocycles. The highest BCUT2D eigenvalue weighted by atomic mass is 32.1. The summed E-state index contributed by atoms with van der Waals surface area (Å²) in [7, 11) is 0. The second-order valence-corrected chi connectivity index (χ2v) is 4.83. The number of rotatable bonds is 7. The smallest absolute Gasteiger partial charge is 0.317 e. The zero-order valence-electron chi connectivity index (χ0n) is 9.48. The Kier molecular flexibility index (Phi) is 5.22. The number of thiophene rings is 1. The molecule has 0 unspecified atom stereocenters. The van der Waals surface area contributed by atoms with Gasteiger partial charge in [0.25, 0.3) is 0 Å². The highest BCUT2D eigenvalue weighted by Gasteiger charge is 2.09. The van der Waals surface area contributed by atoms with Crippen LogP contribution in [0.1, 0.15) is 16.7 Å². The van der Waals surface area contributed by atoms with Crippen molar-refractivity contribution in [3.8, 4) is 0 Å². The first-order chi connectivity index (χ1) is 7.65. The molecule has 0 atom stereocenters. The van der Waals surface area contributed by atoms with Gasteiger partial charge >= 0.3 is 5.97 Å². The van der Waals surface area contributed by atoms with Gasteiger partial charge in [0.05, 0.1) is 6.54 Å². The van der Waals surface area contributed by atoms with Gasteiger partial charge in [0.1, 0.15) is 0 Å². The number of carboxylic acids is 1. The molecule has 4 heteroatoms. The summed E-state index contributed by atoms with van der Waals surface area (Å²) in [5, 5.41) is 8.77. The minimum Gasteiger partial charge on any atom is -0.480 e. The van der Waals surface area contributed by atoms with E-state index in [0.717, 1.165) is 6.42 Å². The third-order valence-corrected chi connectivity index (χ3v) is 3.41. The molecule has 1 rings (SSSR count). The highest BCUT2D eigenvalue weighted by Crippen LogP contribution is 2.18. The lowest BCUT2D eigenvalue weighted by atomic mass is 10.3. The molecule has 0 radical (unpaired) electrons. The molecule has 0 bridgehead atoms. The molecular weight excluding hydrogens is 222 g/mol. The van der Waals surface area contributed by atoms with Crippen LogP contribution in [0.25, 0.3) is 0 Å². The van der Waals surface area contributed by atoms with Gasteiger partial charge in [0.15, 0.2) is 0 Å². The normalized spacial score (nSPS) is 10.6. The molecule has 0 aromatic carbocycles. The van der Waals surface area contributed by atoms with Crippen molar-refractivity contribution in [3.05, 3.63) is 34.5 Å². The predicted molar refractivity (Wildman–Crippen MR) is 66.8 cm³/mol. The number of carbonyl (C=O) groups is 1. The summed E-state index contributed by atoms with van der Waals surface area (Å²) in [4.78, 5) is 15.1. The van der Waals surface area contributed by atoms with Gasteiger partial charge in [-0.15, -0.1) is 17.9 Å². The minimum absolute atomic E-state index is 0.0609. The van der Waals surface area contributed by atoms with Gasteiger partial charge in [-0.2, -0.15) is 0 Å². The molecule has 3 nitrogen and oxygen atoms in total. The molecule has 0 saturated heterocycles. The first kappa shape index (κ1) is 12.9. The zero-order valence-corrected chi connectivity index (χ0v) is 10.3. The van der Waals surface area contributed by atoms with Crippen LogP contribution in [0.4, 0.5) is 0 Å². The fraction of sp³-hybridized carbons (Fsp3) is 0.417. The van der Waals surface area contributed by atoms with Gasteiger partial charge in [0.2, 0.25) is 0 Å². The first-order valence-corrected chi connectivity index (χ1v) is 6.10. The van der Waals surface area contributed by atoms with E-state index in [2.05, 4.69) is 25.6 Å². The van der Waals surface area contributed by atoms with Gasteiger partial charge in [-0.25, -0.2) is 0 Å². The Bertz CT molecular complexity index is 360. The van der Waals surface area contributed by atoms with Crippen molar-refractivity contribution < 1.29 is 9.90 Å². The van der Waals surface area contributed by atoms with Gasteiger partial charge in [0, 0.05) is 22.8 Å². The van der Waals surface area contributed by atoms with Crippen LogP contribution in [0.2, 0.25) is 0 Å². The number of hydrogen-bond acceptors (Lipinski definition) is 3. The van der Waals surface area contributed by atoms with Gasteiger partial charge in [-0.3, -0.25) is 9.69 Å². The van der Waals surface area contributed by atoms with Crippen molar-refractivity contribution in [2.75, 3.05) is 13.1 Å². The van der Waals surface area contributed by atoms with Crippen LogP contribution in [0, 0.1) is 0 Å². The molecule has 0 aliphatic heterocycles. The van der Waals surface area contributed by atoms with Gasteiger partial charge < -0.3 is 5.11 Å². The van der Waals surface area contributed by atoms with Crippen molar-refractivity contribution >= 4 is 17.3 Å². The summed E-state index contributed by atoms with van der Waals surface area (Å²) in [6.07, 6.45) is 2.77. The number of aliphatic carboxylic acids is 1. The molecule has 1 N–H and O–H groups in total. The minimum atomic E-state index is -0.797. The van der Waals surface area contributed by atoms with Crippen molar-refractivity contribution in [2.45, 2.75) is 19.9 Å². The van der Waals surface area contributed by atoms with Crippen LogP contribution >= 0.6 is 11.3 Å². The largest absolute Gasteiger partial charge is 0.480 e. The average Bonchev–Trinajstić information content (AvgIpc) is 2.65. The topological polar surface area (TPSA) is 40.5 Å². The van der Waals surface area contributed by atoms with Gasteiger partial charge in [-0.1, -0.05) is 13.0 Å². The fourth-order valence-electron chi connectivity index (χ4n) is 1.48. The SMILES string of the molecule is C=CCN(CC(=O)O)Cc1ccc(CC)s1. The summed E-state index contributed by atoms with van der Waals surface area (Å²) < 4.78 is 0. The van der Waals surface area contributed by atoms with E-state index in [1.807, 2.05) is 4.90 Å². The molecular formula is C12H17NO2S. The second-order valence-electron chi connectivity index (χ2n) is 3.57. The molecule has 1 heterocycles. The Morgan fingerprint density at radius 1 is 1.56 bits per heavy atom. The van der Waals surface area contributed by atoms with E-state index >= 15 is 0 Å². The maximum atomic E-state index is 10.7. The Labute approximate surface area is 100 Å². The fourth-order valence-corrected chi connectivity index (χ4v) is 2.48. The van der Waals surface area contributed by atoms with Crippen LogP contribution in [0.3, 0.4) is 0 Å². The molecule has 1 aromatic rings. The average molecular weight is 239 g/mol. The summed E-state index contributed by atoms with van der Waals surface area (Å²) in [6.45, 7) is 7.11. The van der Waals surface area contributed by atoms with Crippen LogP contribution in [-0.4, -0.2) is 29.1 Å². The summed E-state index contributed by atoms with van der Waals surface area (Å²) in [5.41, 5.74) is 0. The Hall–Kier alpha value is -1.13. The standard InChI is InChI=1S/C12H17NO2S/c1-3-7-13(9-12(14)15)8-11-6-5-10(4-2)16-11/h3,5-6H,1,4,7-9H2,2H3,(H,14,15). The molecule has 0 saturated carbocycles. The number of nitrogens with zero attached hydrogens (tertiary/aromatic N) is 1. The Morgan fingerprint density at radius 3 is 2.75 bits per heavy atom. The van der Waals surface area contributed by atoms with E-state index < -0.39 is 5.97 Å². The van der Waals surface area contributed by atoms with Crippen molar-refractivity contribution in [1.82, 2.24) is 4.90 Å². The monoisotopic (exact) mass is 239 g/mol. The van der Waals surface area contributed by atoms with E-state index in [9.17, 15) is 4.79 Å². The third-order valence-electron chi connectivity index (χ3n) is 2.19. The predicted octanol–water partition coefficient (Wildman–Crippen LogP) is 2.38. The number of carboxylic acid groups (broad SMARTS) is 1. The summed E-state index contributed by atoms with van der Waals surface area (Å²) in [5.74, 6) is -0.797. The van der Waals surface area contributed by atoms with Crippen molar-refractivity contribution in [1.29, 1.82) is 0 Å². The summed E-state index contributed by atoms with van der Waals surface area (Å²) in [6, 6.07) is 4.17. The van der Waals surface area contributed by atoms with Crippen LogP contribution in [-0.2, 0) is 17.8 Å². The number of hydrogen-bond donors (Lipinski definition) is 1. The number of aryl methyl sites for hydroxylation is 1. The molecule has 16 heavy (non-hydrogen) atoms. The van der Waals surface area contributed by atoms with E-state index in [0.29, 0.717) is 13.1 Å². The first-order valence-electron chi connectivity index (χ1n) is 5.28. The van der Waals surface area contributed by atoms with Crippen LogP contribution in [0.5, 0.6) is 0 Å². The lowest BCUT2D eigenvalue weighted by molar-refractivity contribution is -0.138. The Balaban J connectivity index is 2.59. The van der Waals surface area contributed by atoms with Crippen molar-refractivity contribution in [3.63, 3.8) is 0 Å². The lowest BCUT2D eigenvalue weighted by Crippen LogP contribution is -2.29. The molecule has 0 fully saturated rings. The molecule has 0 spiro atoms. The zero-order chi connectivity index (χ0) is 12.0. The summed E-state index contributed by atoms with van der Waals surface area (Å²) >= 11 is 1.75. The van der Waals surface area contributed by atoms with Crippen LogP contribution in [0.15, 0.2) is 24.8 Å². The quantitative estimate of drug-likeness (QED) is 0.743. The second kappa shape index (κ2) is 6.45. The molecule has 0 aliphatic carbocycles. The molecule has 0 amide bonds. The van der Waals surface area contributed by atoms with Gasteiger partial charge in [-0.05, 0) is 18.6 Å². The van der Waals surface area contributed by atoms with E-state index in [-0.39, 0.29) is 6.54 Å². The van der Waals surface area contributed by atoms with Crippen LogP contribution < -0.4 is 0 Å². The molecule has 88 valence electrons. The van der Waals surface area contributed by atoms with E-state index in [1.165, 1.54) is 9.75 Å². The highest BCUT2D eigenvalue weighted by molar-refractivity contribution is 7.11. The maximum Gasteiger partial charge on any atom is 0.317 e. The Morgan fingerprint density at radius 2 is 2.25 bits per heavy atom. The third kappa shape index (κ3) is 4.16. The van der Waals surface area contributed by atoms with E-state index in [4.69, 9.17) is 5.11 Å². The van der Waals surface area contributed by atoms with E-state index in [1.54, 1.807) is 17.4 Å².